The monoisotopic (exact) mass is 405 g/mol. The second-order valence-corrected chi connectivity index (χ2v) is 7.13. The number of fused-ring (bicyclic) bond motifs is 1. The van der Waals surface area contributed by atoms with E-state index in [0.717, 1.165) is 17.0 Å². The average Bonchev–Trinajstić information content (AvgIpc) is 2.78. The van der Waals surface area contributed by atoms with Crippen molar-refractivity contribution >= 4 is 5.91 Å². The smallest absolute Gasteiger partial charge is 0.260 e. The van der Waals surface area contributed by atoms with Crippen LogP contribution in [0.2, 0.25) is 0 Å². The highest BCUT2D eigenvalue weighted by Gasteiger charge is 2.24. The average molecular weight is 405 g/mol. The predicted octanol–water partition coefficient (Wildman–Crippen LogP) is 2.33. The molecular formula is C23H23N3O4. The summed E-state index contributed by atoms with van der Waals surface area (Å²) in [6.07, 6.45) is 1.05. The summed E-state index contributed by atoms with van der Waals surface area (Å²) >= 11 is 0. The van der Waals surface area contributed by atoms with Crippen LogP contribution in [0.5, 0.6) is 11.5 Å². The van der Waals surface area contributed by atoms with Gasteiger partial charge in [-0.2, -0.15) is 0 Å². The second-order valence-electron chi connectivity index (χ2n) is 7.13. The van der Waals surface area contributed by atoms with E-state index >= 15 is 0 Å². The molecule has 7 heteroatoms. The summed E-state index contributed by atoms with van der Waals surface area (Å²) in [5.74, 6) is 1.87. The first-order chi connectivity index (χ1) is 14.6. The number of ether oxygens (including phenoxy) is 2. The second kappa shape index (κ2) is 8.82. The minimum atomic E-state index is -0.195. The summed E-state index contributed by atoms with van der Waals surface area (Å²) in [5.41, 5.74) is 2.11. The lowest BCUT2D eigenvalue weighted by atomic mass is 10.1. The number of amides is 1. The number of para-hydroxylation sites is 1. The van der Waals surface area contributed by atoms with Gasteiger partial charge in [-0.1, -0.05) is 30.3 Å². The van der Waals surface area contributed by atoms with Crippen LogP contribution in [0.4, 0.5) is 0 Å². The zero-order valence-electron chi connectivity index (χ0n) is 16.8. The number of nitrogens with zero attached hydrogens (tertiary/aromatic N) is 2. The van der Waals surface area contributed by atoms with Crippen molar-refractivity contribution in [2.45, 2.75) is 19.4 Å². The Labute approximate surface area is 174 Å². The molecule has 3 aromatic rings. The lowest BCUT2D eigenvalue weighted by Crippen LogP contribution is -2.41. The largest absolute Gasteiger partial charge is 0.497 e. The van der Waals surface area contributed by atoms with Crippen molar-refractivity contribution in [2.75, 3.05) is 20.3 Å². The van der Waals surface area contributed by atoms with E-state index < -0.39 is 0 Å². The van der Waals surface area contributed by atoms with E-state index in [-0.39, 0.29) is 24.6 Å². The minimum absolute atomic E-state index is 0.0569. The van der Waals surface area contributed by atoms with Gasteiger partial charge in [0, 0.05) is 19.4 Å². The van der Waals surface area contributed by atoms with Gasteiger partial charge in [0.25, 0.3) is 11.5 Å². The van der Waals surface area contributed by atoms with Crippen LogP contribution in [0.25, 0.3) is 0 Å². The molecule has 0 bridgehead atoms. The fourth-order valence-electron chi connectivity index (χ4n) is 3.50. The van der Waals surface area contributed by atoms with Crippen LogP contribution in [0.1, 0.15) is 22.6 Å². The maximum atomic E-state index is 12.7. The van der Waals surface area contributed by atoms with Crippen LogP contribution in [-0.4, -0.2) is 41.0 Å². The molecule has 0 radical (unpaired) electrons. The standard InChI is InChI=1S/C23H23N3O4/c1-29-18-9-5-6-16(12-18)13-21-24-20-10-11-26(14-19(20)23(28)25-21)22(27)15-30-17-7-3-2-4-8-17/h2-9,12H,10-11,13-15H2,1H3,(H,24,25,28). The summed E-state index contributed by atoms with van der Waals surface area (Å²) < 4.78 is 10.8. The van der Waals surface area contributed by atoms with Crippen LogP contribution in [-0.2, 0) is 24.2 Å². The van der Waals surface area contributed by atoms with E-state index in [1.807, 2.05) is 42.5 Å². The van der Waals surface area contributed by atoms with E-state index in [1.165, 1.54) is 0 Å². The topological polar surface area (TPSA) is 84.5 Å². The maximum Gasteiger partial charge on any atom is 0.260 e. The molecule has 1 aliphatic heterocycles. The number of hydrogen-bond donors (Lipinski definition) is 1. The van der Waals surface area contributed by atoms with Gasteiger partial charge in [-0.3, -0.25) is 9.59 Å². The molecule has 0 aliphatic carbocycles. The molecule has 0 fully saturated rings. The number of rotatable bonds is 6. The van der Waals surface area contributed by atoms with Crippen LogP contribution in [0, 0.1) is 0 Å². The van der Waals surface area contributed by atoms with Gasteiger partial charge in [-0.25, -0.2) is 4.98 Å². The highest BCUT2D eigenvalue weighted by atomic mass is 16.5. The quantitative estimate of drug-likeness (QED) is 0.681. The molecule has 1 amide bonds. The van der Waals surface area contributed by atoms with E-state index in [2.05, 4.69) is 9.97 Å². The van der Waals surface area contributed by atoms with Crippen LogP contribution < -0.4 is 15.0 Å². The number of benzene rings is 2. The van der Waals surface area contributed by atoms with Gasteiger partial charge in [0.1, 0.15) is 17.3 Å². The molecule has 1 aromatic heterocycles. The predicted molar refractivity (Wildman–Crippen MR) is 112 cm³/mol. The first kappa shape index (κ1) is 19.7. The first-order valence-corrected chi connectivity index (χ1v) is 9.82. The van der Waals surface area contributed by atoms with Gasteiger partial charge in [-0.15, -0.1) is 0 Å². The molecule has 154 valence electrons. The summed E-state index contributed by atoms with van der Waals surface area (Å²) in [5, 5.41) is 0. The molecule has 4 rings (SSSR count). The molecule has 2 heterocycles. The van der Waals surface area contributed by atoms with Crippen molar-refractivity contribution in [3.05, 3.63) is 87.6 Å². The Hall–Kier alpha value is -3.61. The van der Waals surface area contributed by atoms with Gasteiger partial charge in [0.2, 0.25) is 0 Å². The summed E-state index contributed by atoms with van der Waals surface area (Å²) in [6.45, 7) is 0.700. The van der Waals surface area contributed by atoms with Crippen LogP contribution in [0.15, 0.2) is 59.4 Å². The third kappa shape index (κ3) is 4.51. The molecule has 2 aromatic carbocycles. The van der Waals surface area contributed by atoms with E-state index in [1.54, 1.807) is 24.1 Å². The third-order valence-electron chi connectivity index (χ3n) is 5.08. The number of nitrogens with one attached hydrogen (secondary N) is 1. The number of hydrogen-bond acceptors (Lipinski definition) is 5. The molecule has 0 saturated heterocycles. The van der Waals surface area contributed by atoms with Crippen molar-refractivity contribution in [1.29, 1.82) is 0 Å². The van der Waals surface area contributed by atoms with Gasteiger partial charge in [0.15, 0.2) is 6.61 Å². The van der Waals surface area contributed by atoms with Gasteiger partial charge in [-0.05, 0) is 29.8 Å². The molecule has 1 aliphatic rings. The van der Waals surface area contributed by atoms with Crippen molar-refractivity contribution in [2.24, 2.45) is 0 Å². The molecular weight excluding hydrogens is 382 g/mol. The number of aromatic amines is 1. The number of carbonyl (C=O) groups excluding carboxylic acids is 1. The molecule has 0 spiro atoms. The fourth-order valence-corrected chi connectivity index (χ4v) is 3.50. The normalized spacial score (nSPS) is 12.9. The Bertz CT molecular complexity index is 1100. The lowest BCUT2D eigenvalue weighted by molar-refractivity contribution is -0.134. The number of methoxy groups -OCH3 is 1. The fraction of sp³-hybridized carbons (Fsp3) is 0.261. The van der Waals surface area contributed by atoms with Crippen molar-refractivity contribution in [1.82, 2.24) is 14.9 Å². The van der Waals surface area contributed by atoms with E-state index in [4.69, 9.17) is 9.47 Å². The van der Waals surface area contributed by atoms with Crippen LogP contribution >= 0.6 is 0 Å². The third-order valence-corrected chi connectivity index (χ3v) is 5.08. The molecule has 30 heavy (non-hydrogen) atoms. The maximum absolute atomic E-state index is 12.7. The molecule has 7 nitrogen and oxygen atoms in total. The van der Waals surface area contributed by atoms with Crippen molar-refractivity contribution in [3.63, 3.8) is 0 Å². The highest BCUT2D eigenvalue weighted by Crippen LogP contribution is 2.18. The zero-order chi connectivity index (χ0) is 20.9. The first-order valence-electron chi connectivity index (χ1n) is 9.82. The summed E-state index contributed by atoms with van der Waals surface area (Å²) in [6, 6.07) is 16.9. The zero-order valence-corrected chi connectivity index (χ0v) is 16.8. The number of H-pyrrole nitrogens is 1. The Kier molecular flexibility index (Phi) is 5.79. The van der Waals surface area contributed by atoms with E-state index in [9.17, 15) is 9.59 Å². The summed E-state index contributed by atoms with van der Waals surface area (Å²) in [7, 11) is 1.62. The van der Waals surface area contributed by atoms with Crippen molar-refractivity contribution < 1.29 is 14.3 Å². The summed E-state index contributed by atoms with van der Waals surface area (Å²) in [4.78, 5) is 34.3. The Morgan fingerprint density at radius 1 is 1.13 bits per heavy atom. The van der Waals surface area contributed by atoms with Crippen LogP contribution in [0.3, 0.4) is 0 Å². The van der Waals surface area contributed by atoms with E-state index in [0.29, 0.717) is 36.5 Å². The Balaban J connectivity index is 1.44. The minimum Gasteiger partial charge on any atom is -0.497 e. The highest BCUT2D eigenvalue weighted by molar-refractivity contribution is 5.78. The Morgan fingerprint density at radius 3 is 2.73 bits per heavy atom. The lowest BCUT2D eigenvalue weighted by Gasteiger charge is -2.27. The number of carbonyl (C=O) groups is 1. The molecule has 0 saturated carbocycles. The van der Waals surface area contributed by atoms with Gasteiger partial charge in [0.05, 0.1) is 24.9 Å². The molecule has 0 atom stereocenters. The van der Waals surface area contributed by atoms with Gasteiger partial charge >= 0.3 is 0 Å². The number of aromatic nitrogens is 2. The van der Waals surface area contributed by atoms with Gasteiger partial charge < -0.3 is 19.4 Å². The SMILES string of the molecule is COc1cccc(Cc2nc3c(c(=O)[nH]2)CN(C(=O)COc2ccccc2)CC3)c1. The molecule has 1 N–H and O–H groups in total. The Morgan fingerprint density at radius 2 is 1.93 bits per heavy atom. The van der Waals surface area contributed by atoms with Crippen molar-refractivity contribution in [3.8, 4) is 11.5 Å². The molecule has 0 unspecified atom stereocenters.